The van der Waals surface area contributed by atoms with E-state index in [0.717, 1.165) is 12.8 Å². The number of aliphatic hydroxyl groups is 1. The molecule has 110 valence electrons. The molecule has 0 saturated carbocycles. The van der Waals surface area contributed by atoms with E-state index in [9.17, 15) is 5.11 Å². The predicted molar refractivity (Wildman–Crippen MR) is 83.7 cm³/mol. The molecule has 0 aromatic heterocycles. The molecule has 0 heterocycles. The second kappa shape index (κ2) is 25.0. The monoisotopic (exact) mass is 248 g/mol. The quantitative estimate of drug-likeness (QED) is 0.575. The van der Waals surface area contributed by atoms with Crippen LogP contribution in [0.3, 0.4) is 0 Å². The Morgan fingerprint density at radius 1 is 0.765 bits per heavy atom. The van der Waals surface area contributed by atoms with Gasteiger partial charge < -0.3 is 5.11 Å². The van der Waals surface area contributed by atoms with Gasteiger partial charge in [0.25, 0.3) is 0 Å². The average Bonchev–Trinajstić information content (AvgIpc) is 2.30. The largest absolute Gasteiger partial charge is 0.390 e. The van der Waals surface area contributed by atoms with Crippen LogP contribution in [0.15, 0.2) is 0 Å². The van der Waals surface area contributed by atoms with E-state index in [2.05, 4.69) is 20.8 Å². The highest BCUT2D eigenvalue weighted by Gasteiger charge is 2.10. The van der Waals surface area contributed by atoms with Gasteiger partial charge in [-0.05, 0) is 20.3 Å². The van der Waals surface area contributed by atoms with Crippen molar-refractivity contribution in [3.63, 3.8) is 0 Å². The van der Waals surface area contributed by atoms with Crippen molar-refractivity contribution in [1.29, 1.82) is 0 Å². The molecule has 0 unspecified atom stereocenters. The van der Waals surface area contributed by atoms with Gasteiger partial charge in [0.2, 0.25) is 0 Å². The van der Waals surface area contributed by atoms with Gasteiger partial charge in [-0.1, -0.05) is 80.6 Å². The SMILES string of the molecule is CC.CC.CCC.CCCCCCC(C)(C)O. The lowest BCUT2D eigenvalue weighted by molar-refractivity contribution is 0.0680. The summed E-state index contributed by atoms with van der Waals surface area (Å²) in [6, 6.07) is 0. The van der Waals surface area contributed by atoms with Gasteiger partial charge in [0, 0.05) is 0 Å². The molecule has 0 aliphatic rings. The summed E-state index contributed by atoms with van der Waals surface area (Å²) in [4.78, 5) is 0. The van der Waals surface area contributed by atoms with Crippen LogP contribution in [0.25, 0.3) is 0 Å². The van der Waals surface area contributed by atoms with Crippen LogP contribution in [0.5, 0.6) is 0 Å². The Morgan fingerprint density at radius 2 is 1.12 bits per heavy atom. The highest BCUT2D eigenvalue weighted by Crippen LogP contribution is 2.13. The highest BCUT2D eigenvalue weighted by atomic mass is 16.3. The molecule has 1 N–H and O–H groups in total. The van der Waals surface area contributed by atoms with Crippen LogP contribution in [-0.2, 0) is 0 Å². The van der Waals surface area contributed by atoms with Crippen molar-refractivity contribution < 1.29 is 5.11 Å². The number of hydrogen-bond donors (Lipinski definition) is 1. The van der Waals surface area contributed by atoms with Crippen LogP contribution in [0.1, 0.15) is 101 Å². The Bertz CT molecular complexity index is 82.0. The molecular weight excluding hydrogens is 208 g/mol. The van der Waals surface area contributed by atoms with Crippen LogP contribution in [0, 0.1) is 0 Å². The summed E-state index contributed by atoms with van der Waals surface area (Å²) in [7, 11) is 0. The number of unbranched alkanes of at least 4 members (excludes halogenated alkanes) is 3. The molecule has 0 saturated heterocycles. The van der Waals surface area contributed by atoms with E-state index in [0.29, 0.717) is 0 Å². The summed E-state index contributed by atoms with van der Waals surface area (Å²) in [6.07, 6.45) is 7.19. The molecule has 0 aliphatic carbocycles. The lowest BCUT2D eigenvalue weighted by Crippen LogP contribution is -2.17. The second-order valence-corrected chi connectivity index (χ2v) is 4.33. The standard InChI is InChI=1S/C9H20O.C3H8.2C2H6/c1-4-5-6-7-8-9(2,3)10;1-3-2;2*1-2/h10H,4-8H2,1-3H3;3H2,1-2H3;2*1-2H3. The first-order valence-corrected chi connectivity index (χ1v) is 7.70. The molecule has 1 heteroatoms. The van der Waals surface area contributed by atoms with Crippen LogP contribution < -0.4 is 0 Å². The fourth-order valence-electron chi connectivity index (χ4n) is 0.984. The molecule has 0 aromatic rings. The summed E-state index contributed by atoms with van der Waals surface area (Å²) < 4.78 is 0. The van der Waals surface area contributed by atoms with E-state index in [1.165, 1.54) is 25.7 Å². The fraction of sp³-hybridized carbons (Fsp3) is 1.00. The van der Waals surface area contributed by atoms with Crippen molar-refractivity contribution >= 4 is 0 Å². The first-order chi connectivity index (χ1) is 7.97. The Morgan fingerprint density at radius 3 is 1.35 bits per heavy atom. The normalized spacial score (nSPS) is 8.82. The van der Waals surface area contributed by atoms with E-state index in [1.54, 1.807) is 0 Å². The van der Waals surface area contributed by atoms with E-state index in [1.807, 2.05) is 41.5 Å². The van der Waals surface area contributed by atoms with Crippen LogP contribution >= 0.6 is 0 Å². The molecule has 0 aliphatic heterocycles. The van der Waals surface area contributed by atoms with Crippen LogP contribution in [0.4, 0.5) is 0 Å². The van der Waals surface area contributed by atoms with Crippen molar-refractivity contribution in [2.45, 2.75) is 106 Å². The smallest absolute Gasteiger partial charge is 0.0591 e. The minimum Gasteiger partial charge on any atom is -0.390 e. The van der Waals surface area contributed by atoms with Crippen molar-refractivity contribution in [1.82, 2.24) is 0 Å². The third kappa shape index (κ3) is 64.2. The molecule has 17 heavy (non-hydrogen) atoms. The van der Waals surface area contributed by atoms with Crippen molar-refractivity contribution in [2.75, 3.05) is 0 Å². The molecule has 0 atom stereocenters. The van der Waals surface area contributed by atoms with E-state index in [-0.39, 0.29) is 0 Å². The van der Waals surface area contributed by atoms with Gasteiger partial charge in [0.15, 0.2) is 0 Å². The summed E-state index contributed by atoms with van der Waals surface area (Å²) >= 11 is 0. The Hall–Kier alpha value is -0.0400. The van der Waals surface area contributed by atoms with Gasteiger partial charge in [-0.3, -0.25) is 0 Å². The van der Waals surface area contributed by atoms with Crippen LogP contribution in [-0.4, -0.2) is 10.7 Å². The molecule has 0 bridgehead atoms. The van der Waals surface area contributed by atoms with Gasteiger partial charge >= 0.3 is 0 Å². The zero-order valence-electron chi connectivity index (χ0n) is 14.2. The molecule has 0 aromatic carbocycles. The van der Waals surface area contributed by atoms with Crippen molar-refractivity contribution in [3.05, 3.63) is 0 Å². The van der Waals surface area contributed by atoms with E-state index < -0.39 is 5.60 Å². The second-order valence-electron chi connectivity index (χ2n) is 4.33. The van der Waals surface area contributed by atoms with Gasteiger partial charge in [0.1, 0.15) is 0 Å². The van der Waals surface area contributed by atoms with E-state index >= 15 is 0 Å². The summed E-state index contributed by atoms with van der Waals surface area (Å²) in [6.45, 7) is 18.2. The van der Waals surface area contributed by atoms with Gasteiger partial charge in [-0.25, -0.2) is 0 Å². The zero-order valence-corrected chi connectivity index (χ0v) is 14.2. The maximum Gasteiger partial charge on any atom is 0.0591 e. The maximum atomic E-state index is 9.32. The molecule has 0 radical (unpaired) electrons. The van der Waals surface area contributed by atoms with Crippen molar-refractivity contribution in [3.8, 4) is 0 Å². The Kier molecular flexibility index (Phi) is 37.8. The fourth-order valence-corrected chi connectivity index (χ4v) is 0.984. The Labute approximate surface area is 112 Å². The first kappa shape index (κ1) is 25.7. The minimum atomic E-state index is -0.451. The van der Waals surface area contributed by atoms with Crippen LogP contribution in [0.2, 0.25) is 0 Å². The van der Waals surface area contributed by atoms with Gasteiger partial charge in [-0.2, -0.15) is 0 Å². The molecular formula is C16H40O. The maximum absolute atomic E-state index is 9.32. The summed E-state index contributed by atoms with van der Waals surface area (Å²) in [5.74, 6) is 0. The topological polar surface area (TPSA) is 20.2 Å². The highest BCUT2D eigenvalue weighted by molar-refractivity contribution is 4.63. The zero-order chi connectivity index (χ0) is 14.7. The minimum absolute atomic E-state index is 0.451. The Balaban J connectivity index is -0.000000102. The third-order valence-corrected chi connectivity index (χ3v) is 1.64. The molecule has 1 nitrogen and oxygen atoms in total. The van der Waals surface area contributed by atoms with Gasteiger partial charge in [-0.15, -0.1) is 0 Å². The molecule has 0 fully saturated rings. The summed E-state index contributed by atoms with van der Waals surface area (Å²) in [5, 5.41) is 9.32. The molecule has 0 spiro atoms. The predicted octanol–water partition coefficient (Wildman–Crippen LogP) is 6.20. The molecule has 0 rings (SSSR count). The lowest BCUT2D eigenvalue weighted by atomic mass is 10.0. The molecule has 0 amide bonds. The first-order valence-electron chi connectivity index (χ1n) is 7.70. The van der Waals surface area contributed by atoms with Crippen molar-refractivity contribution in [2.24, 2.45) is 0 Å². The third-order valence-electron chi connectivity index (χ3n) is 1.64. The van der Waals surface area contributed by atoms with E-state index in [4.69, 9.17) is 0 Å². The average molecular weight is 248 g/mol. The number of hydrogen-bond acceptors (Lipinski definition) is 1. The van der Waals surface area contributed by atoms with Gasteiger partial charge in [0.05, 0.1) is 5.60 Å². The lowest BCUT2D eigenvalue weighted by Gasteiger charge is -2.15. The number of rotatable bonds is 5. The summed E-state index contributed by atoms with van der Waals surface area (Å²) in [5.41, 5.74) is -0.451.